The van der Waals surface area contributed by atoms with Crippen molar-refractivity contribution in [2.24, 2.45) is 5.73 Å². The van der Waals surface area contributed by atoms with Crippen LogP contribution in [0.15, 0.2) is 0 Å². The lowest BCUT2D eigenvalue weighted by atomic mass is 9.96. The van der Waals surface area contributed by atoms with Crippen molar-refractivity contribution >= 4 is 11.9 Å². The van der Waals surface area contributed by atoms with Gasteiger partial charge >= 0.3 is 0 Å². The average molecular weight is 251 g/mol. The van der Waals surface area contributed by atoms with Crippen LogP contribution in [0.25, 0.3) is 0 Å². The molecule has 2 rings (SSSR count). The van der Waals surface area contributed by atoms with Gasteiger partial charge in [0.15, 0.2) is 0 Å². The summed E-state index contributed by atoms with van der Waals surface area (Å²) < 4.78 is 0. The van der Waals surface area contributed by atoms with Crippen LogP contribution in [0, 0.1) is 0 Å². The van der Waals surface area contributed by atoms with Gasteiger partial charge in [0.2, 0.25) is 11.9 Å². The number of likely N-dealkylation sites (tertiary alicyclic amines) is 1. The number of nitrogen functional groups attached to an aromatic ring is 2. The smallest absolute Gasteiger partial charge is 0.225 e. The summed E-state index contributed by atoms with van der Waals surface area (Å²) in [4.78, 5) is 14.4. The van der Waals surface area contributed by atoms with Crippen LogP contribution in [-0.2, 0) is 6.54 Å². The molecule has 0 radical (unpaired) electrons. The zero-order valence-corrected chi connectivity index (χ0v) is 10.7. The van der Waals surface area contributed by atoms with Gasteiger partial charge in [-0.3, -0.25) is 4.90 Å². The predicted molar refractivity (Wildman–Crippen MR) is 70.4 cm³/mol. The van der Waals surface area contributed by atoms with Gasteiger partial charge in [0.05, 0.1) is 6.54 Å². The monoisotopic (exact) mass is 251 g/mol. The summed E-state index contributed by atoms with van der Waals surface area (Å²) in [6.07, 6.45) is 3.52. The maximum absolute atomic E-state index is 5.83. The zero-order chi connectivity index (χ0) is 13.1. The van der Waals surface area contributed by atoms with Crippen LogP contribution in [0.3, 0.4) is 0 Å². The second kappa shape index (κ2) is 5.45. The van der Waals surface area contributed by atoms with Crippen LogP contribution in [0.5, 0.6) is 0 Å². The van der Waals surface area contributed by atoms with E-state index in [1.54, 1.807) is 0 Å². The van der Waals surface area contributed by atoms with Crippen LogP contribution < -0.4 is 17.2 Å². The van der Waals surface area contributed by atoms with Crippen molar-refractivity contribution < 1.29 is 0 Å². The Kier molecular flexibility index (Phi) is 3.93. The minimum atomic E-state index is 0.173. The molecule has 1 saturated heterocycles. The Bertz CT molecular complexity index is 388. The Morgan fingerprint density at radius 3 is 2.44 bits per heavy atom. The maximum Gasteiger partial charge on any atom is 0.225 e. The molecule has 1 aliphatic rings. The molecule has 7 nitrogen and oxygen atoms in total. The third-order valence-corrected chi connectivity index (χ3v) is 3.51. The Morgan fingerprint density at radius 2 is 1.83 bits per heavy atom. The Labute approximate surface area is 107 Å². The summed E-state index contributed by atoms with van der Waals surface area (Å²) in [6, 6.07) is 0.861. The van der Waals surface area contributed by atoms with Gasteiger partial charge in [-0.05, 0) is 19.8 Å². The van der Waals surface area contributed by atoms with Crippen molar-refractivity contribution in [3.63, 3.8) is 0 Å². The predicted octanol–water partition coefficient (Wildman–Crippen LogP) is -0.262. The van der Waals surface area contributed by atoms with Crippen molar-refractivity contribution in [2.75, 3.05) is 18.0 Å². The van der Waals surface area contributed by atoms with Crippen LogP contribution >= 0.6 is 0 Å². The highest BCUT2D eigenvalue weighted by atomic mass is 15.2. The minimum Gasteiger partial charge on any atom is -0.368 e. The normalized spacial score (nSPS) is 25.2. The van der Waals surface area contributed by atoms with Crippen LogP contribution in [0.2, 0.25) is 0 Å². The molecule has 7 heteroatoms. The minimum absolute atomic E-state index is 0.173. The molecule has 100 valence electrons. The Hall–Kier alpha value is -1.47. The van der Waals surface area contributed by atoms with E-state index in [9.17, 15) is 0 Å². The van der Waals surface area contributed by atoms with E-state index in [-0.39, 0.29) is 11.9 Å². The Morgan fingerprint density at radius 1 is 1.17 bits per heavy atom. The highest BCUT2D eigenvalue weighted by Crippen LogP contribution is 2.23. The number of nitrogens with two attached hydrogens (primary N) is 3. The molecule has 1 fully saturated rings. The second-order valence-corrected chi connectivity index (χ2v) is 4.81. The molecule has 0 amide bonds. The molecule has 2 unspecified atom stereocenters. The molecule has 2 atom stereocenters. The van der Waals surface area contributed by atoms with Crippen molar-refractivity contribution in [3.8, 4) is 0 Å². The summed E-state index contributed by atoms with van der Waals surface area (Å²) in [7, 11) is 0. The number of nitrogens with zero attached hydrogens (tertiary/aromatic N) is 4. The van der Waals surface area contributed by atoms with E-state index in [2.05, 4.69) is 26.8 Å². The van der Waals surface area contributed by atoms with Gasteiger partial charge in [0, 0.05) is 18.6 Å². The molecule has 0 bridgehead atoms. The first-order valence-electron chi connectivity index (χ1n) is 6.32. The van der Waals surface area contributed by atoms with Gasteiger partial charge in [-0.15, -0.1) is 0 Å². The third kappa shape index (κ3) is 2.85. The van der Waals surface area contributed by atoms with E-state index < -0.39 is 0 Å². The highest BCUT2D eigenvalue weighted by molar-refractivity contribution is 5.25. The molecule has 1 aromatic rings. The van der Waals surface area contributed by atoms with E-state index in [0.717, 1.165) is 6.42 Å². The van der Waals surface area contributed by atoms with E-state index in [0.29, 0.717) is 31.0 Å². The molecule has 0 aromatic carbocycles. The van der Waals surface area contributed by atoms with Crippen molar-refractivity contribution in [3.05, 3.63) is 5.82 Å². The molecular weight excluding hydrogens is 230 g/mol. The van der Waals surface area contributed by atoms with E-state index in [1.807, 2.05) is 0 Å². The summed E-state index contributed by atoms with van der Waals surface area (Å²) in [5, 5.41) is 0. The number of hydrogen-bond acceptors (Lipinski definition) is 7. The fourth-order valence-electron chi connectivity index (χ4n) is 2.57. The molecule has 1 aliphatic heterocycles. The quantitative estimate of drug-likeness (QED) is 0.676. The van der Waals surface area contributed by atoms with Gasteiger partial charge in [-0.25, -0.2) is 0 Å². The number of hydrogen-bond donors (Lipinski definition) is 3. The second-order valence-electron chi connectivity index (χ2n) is 4.81. The van der Waals surface area contributed by atoms with Gasteiger partial charge in [0.25, 0.3) is 0 Å². The molecule has 0 saturated carbocycles. The first-order valence-corrected chi connectivity index (χ1v) is 6.32. The standard InChI is InChI=1S/C11H21N7/c1-7-3-2-4-8(5-12)18(7)6-9-15-10(13)17-11(14)16-9/h7-8H,2-6,12H2,1H3,(H4,13,14,15,16,17). The maximum atomic E-state index is 5.83. The van der Waals surface area contributed by atoms with Crippen molar-refractivity contribution in [2.45, 2.75) is 44.8 Å². The lowest BCUT2D eigenvalue weighted by Gasteiger charge is -2.39. The summed E-state index contributed by atoms with van der Waals surface area (Å²) in [5.41, 5.74) is 17.0. The van der Waals surface area contributed by atoms with Crippen molar-refractivity contribution in [1.29, 1.82) is 0 Å². The Balaban J connectivity index is 2.14. The molecule has 2 heterocycles. The number of anilines is 2. The third-order valence-electron chi connectivity index (χ3n) is 3.51. The van der Waals surface area contributed by atoms with Gasteiger partial charge in [-0.1, -0.05) is 6.42 Å². The molecule has 0 spiro atoms. The van der Waals surface area contributed by atoms with E-state index in [1.165, 1.54) is 12.8 Å². The highest BCUT2D eigenvalue weighted by Gasteiger charge is 2.27. The average Bonchev–Trinajstić information content (AvgIpc) is 2.30. The van der Waals surface area contributed by atoms with Gasteiger partial charge in [-0.2, -0.15) is 15.0 Å². The number of aromatic nitrogens is 3. The lowest BCUT2D eigenvalue weighted by molar-refractivity contribution is 0.0863. The van der Waals surface area contributed by atoms with E-state index in [4.69, 9.17) is 17.2 Å². The number of piperidine rings is 1. The largest absolute Gasteiger partial charge is 0.368 e. The SMILES string of the molecule is CC1CCCC(CN)N1Cc1nc(N)nc(N)n1. The molecule has 6 N–H and O–H groups in total. The fourth-order valence-corrected chi connectivity index (χ4v) is 2.57. The first-order chi connectivity index (χ1) is 8.60. The fraction of sp³-hybridized carbons (Fsp3) is 0.727. The topological polar surface area (TPSA) is 120 Å². The van der Waals surface area contributed by atoms with Crippen LogP contribution in [0.4, 0.5) is 11.9 Å². The van der Waals surface area contributed by atoms with Gasteiger partial charge in [0.1, 0.15) is 5.82 Å². The summed E-state index contributed by atoms with van der Waals surface area (Å²) >= 11 is 0. The van der Waals surface area contributed by atoms with E-state index >= 15 is 0 Å². The number of rotatable bonds is 3. The summed E-state index contributed by atoms with van der Waals surface area (Å²) in [6.45, 7) is 3.48. The lowest BCUT2D eigenvalue weighted by Crippen LogP contribution is -2.48. The molecule has 1 aromatic heterocycles. The summed E-state index contributed by atoms with van der Waals surface area (Å²) in [5.74, 6) is 0.963. The van der Waals surface area contributed by atoms with Crippen LogP contribution in [-0.4, -0.2) is 38.5 Å². The first kappa shape index (κ1) is 13.0. The van der Waals surface area contributed by atoms with Crippen molar-refractivity contribution in [1.82, 2.24) is 19.9 Å². The van der Waals surface area contributed by atoms with Gasteiger partial charge < -0.3 is 17.2 Å². The molecule has 18 heavy (non-hydrogen) atoms. The molecular formula is C11H21N7. The van der Waals surface area contributed by atoms with Crippen LogP contribution in [0.1, 0.15) is 32.0 Å². The molecule has 0 aliphatic carbocycles. The zero-order valence-electron chi connectivity index (χ0n) is 10.7.